The van der Waals surface area contributed by atoms with Gasteiger partial charge in [0.15, 0.2) is 0 Å². The topological polar surface area (TPSA) is 33.5 Å². The van der Waals surface area contributed by atoms with E-state index >= 15 is 0 Å². The summed E-state index contributed by atoms with van der Waals surface area (Å²) in [6, 6.07) is 25.1. The number of carbonyl (C=O) groups excluding carboxylic acids is 1. The highest BCUT2D eigenvalue weighted by atomic mass is 79.9. The molecule has 3 nitrogen and oxygen atoms in total. The summed E-state index contributed by atoms with van der Waals surface area (Å²) in [5, 5.41) is 3.01. The van der Waals surface area contributed by atoms with E-state index in [0.717, 1.165) is 21.2 Å². The van der Waals surface area contributed by atoms with Gasteiger partial charge in [0.25, 0.3) is 0 Å². The second-order valence-corrected chi connectivity index (χ2v) is 8.00. The van der Waals surface area contributed by atoms with Gasteiger partial charge in [0, 0.05) is 21.3 Å². The molecule has 4 heteroatoms. The fourth-order valence-corrected chi connectivity index (χ4v) is 4.58. The summed E-state index contributed by atoms with van der Waals surface area (Å²) in [4.78, 5) is 17.4. The van der Waals surface area contributed by atoms with Crippen molar-refractivity contribution in [2.24, 2.45) is 0 Å². The molecule has 1 aliphatic heterocycles. The Kier molecular flexibility index (Phi) is 5.08. The second-order valence-electron chi connectivity index (χ2n) is 7.15. The fraction of sp³-hybridized carbons (Fsp3) is 0.120. The first-order valence-electron chi connectivity index (χ1n) is 9.35. The molecule has 1 amide bonds. The smallest absolute Gasteiger partial charge is 0.318 e. The molecular formula is C25H19BrN2O. The Morgan fingerprint density at radius 2 is 1.66 bits per heavy atom. The molecule has 3 aromatic rings. The number of aryl methyl sites for hydroxylation is 1. The van der Waals surface area contributed by atoms with Gasteiger partial charge in [-0.2, -0.15) is 0 Å². The van der Waals surface area contributed by atoms with Crippen molar-refractivity contribution >= 4 is 27.5 Å². The Bertz CT molecular complexity index is 1130. The van der Waals surface area contributed by atoms with Crippen molar-refractivity contribution in [2.45, 2.75) is 18.4 Å². The second kappa shape index (κ2) is 7.69. The Morgan fingerprint density at radius 3 is 2.28 bits per heavy atom. The van der Waals surface area contributed by atoms with Gasteiger partial charge in [-0.05, 0) is 30.2 Å². The molecule has 0 fully saturated rings. The lowest BCUT2D eigenvalue weighted by Crippen LogP contribution is -2.48. The third-order valence-electron chi connectivity index (χ3n) is 5.34. The van der Waals surface area contributed by atoms with E-state index in [0.29, 0.717) is 11.3 Å². The molecule has 0 aliphatic carbocycles. The lowest BCUT2D eigenvalue weighted by molar-refractivity contribution is -0.124. The lowest BCUT2D eigenvalue weighted by atomic mass is 9.71. The zero-order valence-electron chi connectivity index (χ0n) is 15.9. The molecule has 1 aliphatic rings. The van der Waals surface area contributed by atoms with Gasteiger partial charge < -0.3 is 5.32 Å². The monoisotopic (exact) mass is 442 g/mol. The molecule has 0 aromatic heterocycles. The van der Waals surface area contributed by atoms with E-state index in [4.69, 9.17) is 6.57 Å². The van der Waals surface area contributed by atoms with Crippen molar-refractivity contribution in [1.82, 2.24) is 5.32 Å². The maximum Gasteiger partial charge on any atom is 0.344 e. The van der Waals surface area contributed by atoms with Crippen LogP contribution in [-0.4, -0.2) is 5.91 Å². The number of nitrogens with one attached hydrogen (secondary N) is 1. The van der Waals surface area contributed by atoms with E-state index in [9.17, 15) is 4.79 Å². The number of hydrogen-bond donors (Lipinski definition) is 1. The van der Waals surface area contributed by atoms with Crippen LogP contribution in [0.1, 0.15) is 28.2 Å². The lowest BCUT2D eigenvalue weighted by Gasteiger charge is -2.33. The van der Waals surface area contributed by atoms with Crippen LogP contribution in [0.15, 0.2) is 89.4 Å². The number of amides is 1. The molecule has 0 radical (unpaired) electrons. The van der Waals surface area contributed by atoms with Crippen LogP contribution in [0, 0.1) is 13.5 Å². The molecule has 4 rings (SSSR count). The summed E-state index contributed by atoms with van der Waals surface area (Å²) in [6.45, 7) is 10.1. The number of rotatable bonds is 3. The van der Waals surface area contributed by atoms with Crippen LogP contribution in [-0.2, 0) is 10.3 Å². The van der Waals surface area contributed by atoms with Gasteiger partial charge in [-0.3, -0.25) is 9.64 Å². The van der Waals surface area contributed by atoms with Crippen LogP contribution in [0.4, 0.5) is 0 Å². The number of benzene rings is 3. The minimum atomic E-state index is -1.36. The Balaban J connectivity index is 1.95. The van der Waals surface area contributed by atoms with E-state index in [1.165, 1.54) is 0 Å². The quantitative estimate of drug-likeness (QED) is 0.508. The van der Waals surface area contributed by atoms with Gasteiger partial charge in [0.2, 0.25) is 0 Å². The summed E-state index contributed by atoms with van der Waals surface area (Å²) in [5.41, 5.74) is 3.01. The first-order chi connectivity index (χ1) is 14.1. The van der Waals surface area contributed by atoms with E-state index in [1.807, 2.05) is 91.9 Å². The minimum absolute atomic E-state index is 0.308. The van der Waals surface area contributed by atoms with E-state index in [1.54, 1.807) is 0 Å². The van der Waals surface area contributed by atoms with Gasteiger partial charge in [-0.15, -0.1) is 0 Å². The van der Waals surface area contributed by atoms with Crippen molar-refractivity contribution in [3.8, 4) is 0 Å². The minimum Gasteiger partial charge on any atom is -0.318 e. The summed E-state index contributed by atoms with van der Waals surface area (Å²) in [7, 11) is 0. The number of carbonyl (C=O) groups is 1. The average Bonchev–Trinajstić information content (AvgIpc) is 2.74. The van der Waals surface area contributed by atoms with Crippen LogP contribution in [0.25, 0.3) is 10.5 Å². The third-order valence-corrected chi connectivity index (χ3v) is 6.00. The number of halogens is 1. The Hall–Kier alpha value is -3.16. The van der Waals surface area contributed by atoms with Crippen molar-refractivity contribution in [3.63, 3.8) is 0 Å². The first-order valence-corrected chi connectivity index (χ1v) is 10.1. The number of nitrogens with zero attached hydrogens (tertiary/aromatic N) is 1. The third kappa shape index (κ3) is 3.28. The molecule has 0 spiro atoms. The van der Waals surface area contributed by atoms with Gasteiger partial charge in [-0.25, -0.2) is 6.57 Å². The first kappa shape index (κ1) is 19.2. The maximum absolute atomic E-state index is 13.5. The van der Waals surface area contributed by atoms with Gasteiger partial charge in [0.05, 0.1) is 5.92 Å². The zero-order valence-corrected chi connectivity index (χ0v) is 17.5. The molecule has 0 saturated carbocycles. The normalized spacial score (nSPS) is 21.1. The van der Waals surface area contributed by atoms with Crippen LogP contribution in [0.3, 0.4) is 0 Å². The van der Waals surface area contributed by atoms with Crippen LogP contribution < -0.4 is 5.32 Å². The highest BCUT2D eigenvalue weighted by Gasteiger charge is 2.56. The summed E-state index contributed by atoms with van der Waals surface area (Å²) < 4.78 is 0.908. The molecule has 0 unspecified atom stereocenters. The molecular weight excluding hydrogens is 424 g/mol. The molecule has 3 aromatic carbocycles. The van der Waals surface area contributed by atoms with Crippen LogP contribution in [0.2, 0.25) is 0 Å². The average molecular weight is 443 g/mol. The molecule has 2 atom stereocenters. The summed E-state index contributed by atoms with van der Waals surface area (Å²) in [6.07, 6.45) is 2.01. The van der Waals surface area contributed by atoms with E-state index in [-0.39, 0.29) is 5.91 Å². The van der Waals surface area contributed by atoms with E-state index < -0.39 is 11.5 Å². The standard InChI is InChI=1S/C25H19BrN2O/c1-17-13-14-20(22(26)15-17)23-16-21(18-9-5-3-6-10-18)25(27-2,24(29)28-23)19-11-7-4-8-12-19/h3-16,21H,1H3,(H,28,29)/t21-,25+/m0/s1. The molecule has 0 saturated heterocycles. The molecule has 1 N–H and O–H groups in total. The Labute approximate surface area is 179 Å². The van der Waals surface area contributed by atoms with Crippen molar-refractivity contribution in [2.75, 3.05) is 0 Å². The highest BCUT2D eigenvalue weighted by Crippen LogP contribution is 2.46. The summed E-state index contributed by atoms with van der Waals surface area (Å²) in [5.74, 6) is -0.724. The molecule has 1 heterocycles. The predicted molar refractivity (Wildman–Crippen MR) is 119 cm³/mol. The van der Waals surface area contributed by atoms with E-state index in [2.05, 4.69) is 26.1 Å². The van der Waals surface area contributed by atoms with Crippen molar-refractivity contribution < 1.29 is 4.79 Å². The van der Waals surface area contributed by atoms with Crippen LogP contribution in [0.5, 0.6) is 0 Å². The van der Waals surface area contributed by atoms with Crippen LogP contribution >= 0.6 is 15.9 Å². The van der Waals surface area contributed by atoms with Gasteiger partial charge in [-0.1, -0.05) is 88.7 Å². The largest absolute Gasteiger partial charge is 0.344 e. The number of hydrogen-bond acceptors (Lipinski definition) is 1. The Morgan fingerprint density at radius 1 is 1.00 bits per heavy atom. The predicted octanol–water partition coefficient (Wildman–Crippen LogP) is 5.83. The molecule has 142 valence electrons. The molecule has 29 heavy (non-hydrogen) atoms. The summed E-state index contributed by atoms with van der Waals surface area (Å²) >= 11 is 3.62. The highest BCUT2D eigenvalue weighted by molar-refractivity contribution is 9.10. The molecule has 0 bridgehead atoms. The SMILES string of the molecule is [C-]#[N+][C@@]1(c2ccccc2)C(=O)NC(c2ccc(C)cc2Br)=C[C@H]1c1ccccc1. The van der Waals surface area contributed by atoms with Crippen molar-refractivity contribution in [1.29, 1.82) is 0 Å². The van der Waals surface area contributed by atoms with Gasteiger partial charge >= 0.3 is 11.4 Å². The fourth-order valence-electron chi connectivity index (χ4n) is 3.87. The van der Waals surface area contributed by atoms with Crippen molar-refractivity contribution in [3.05, 3.63) is 123 Å². The van der Waals surface area contributed by atoms with Gasteiger partial charge in [0.1, 0.15) is 0 Å². The maximum atomic E-state index is 13.5. The zero-order chi connectivity index (χ0) is 20.4.